The van der Waals surface area contributed by atoms with Crippen molar-refractivity contribution < 1.29 is 9.50 Å². The average molecular weight is 229 g/mol. The molecule has 1 fully saturated rings. The van der Waals surface area contributed by atoms with Gasteiger partial charge in [0, 0.05) is 5.92 Å². The molecule has 2 rings (SSSR count). The fraction of sp³-hybridized carbons (Fsp3) is 0.500. The maximum Gasteiger partial charge on any atom is 0.145 e. The molecular weight excluding hydrogens is 215 g/mol. The summed E-state index contributed by atoms with van der Waals surface area (Å²) < 4.78 is 13.7. The Balaban J connectivity index is 2.31. The number of aliphatic hydroxyl groups excluding tert-OH is 1. The molecule has 2 unspecified atom stereocenters. The van der Waals surface area contributed by atoms with Crippen molar-refractivity contribution >= 4 is 11.6 Å². The number of benzene rings is 1. The van der Waals surface area contributed by atoms with Gasteiger partial charge >= 0.3 is 0 Å². The van der Waals surface area contributed by atoms with Crippen molar-refractivity contribution in [3.05, 3.63) is 34.6 Å². The van der Waals surface area contributed by atoms with Gasteiger partial charge in [0.25, 0.3) is 0 Å². The molecule has 15 heavy (non-hydrogen) atoms. The maximum atomic E-state index is 13.7. The topological polar surface area (TPSA) is 20.2 Å². The summed E-state index contributed by atoms with van der Waals surface area (Å²) in [5, 5.41) is 9.97. The van der Waals surface area contributed by atoms with Crippen LogP contribution in [0, 0.1) is 5.82 Å². The quantitative estimate of drug-likeness (QED) is 0.780. The van der Waals surface area contributed by atoms with Gasteiger partial charge < -0.3 is 5.11 Å². The van der Waals surface area contributed by atoms with E-state index >= 15 is 0 Å². The predicted molar refractivity (Wildman–Crippen MR) is 58.6 cm³/mol. The minimum Gasteiger partial charge on any atom is -0.392 e. The molecule has 0 saturated heterocycles. The van der Waals surface area contributed by atoms with Gasteiger partial charge in [-0.15, -0.1) is 0 Å². The van der Waals surface area contributed by atoms with Crippen LogP contribution in [0.3, 0.4) is 0 Å². The van der Waals surface area contributed by atoms with Gasteiger partial charge in [-0.2, -0.15) is 0 Å². The van der Waals surface area contributed by atoms with Crippen LogP contribution in [0.1, 0.15) is 37.2 Å². The predicted octanol–water partition coefficient (Wildman–Crippen LogP) is 3.50. The summed E-state index contributed by atoms with van der Waals surface area (Å²) in [6, 6.07) is 5.00. The van der Waals surface area contributed by atoms with Gasteiger partial charge in [-0.25, -0.2) is 4.39 Å². The Morgan fingerprint density at radius 1 is 1.27 bits per heavy atom. The lowest BCUT2D eigenvalue weighted by Gasteiger charge is -2.28. The number of hydrogen-bond acceptors (Lipinski definition) is 1. The minimum atomic E-state index is -0.424. The molecule has 1 aromatic carbocycles. The minimum absolute atomic E-state index is 0.0857. The van der Waals surface area contributed by atoms with Crippen LogP contribution < -0.4 is 0 Å². The fourth-order valence-corrected chi connectivity index (χ4v) is 2.46. The second-order valence-electron chi connectivity index (χ2n) is 4.10. The lowest BCUT2D eigenvalue weighted by Crippen LogP contribution is -2.23. The van der Waals surface area contributed by atoms with Crippen LogP contribution in [0.2, 0.25) is 5.02 Å². The van der Waals surface area contributed by atoms with Gasteiger partial charge in [0.2, 0.25) is 0 Å². The summed E-state index contributed by atoms with van der Waals surface area (Å²) in [5.41, 5.74) is 0.565. The Morgan fingerprint density at radius 2 is 2.00 bits per heavy atom. The van der Waals surface area contributed by atoms with E-state index in [2.05, 4.69) is 0 Å². The average Bonchev–Trinajstić information content (AvgIpc) is 2.23. The summed E-state index contributed by atoms with van der Waals surface area (Å²) in [7, 11) is 0. The first kappa shape index (κ1) is 10.9. The van der Waals surface area contributed by atoms with Crippen LogP contribution in [0.25, 0.3) is 0 Å². The van der Waals surface area contributed by atoms with Gasteiger partial charge in [-0.1, -0.05) is 36.6 Å². The van der Waals surface area contributed by atoms with Crippen LogP contribution >= 0.6 is 11.6 Å². The van der Waals surface area contributed by atoms with E-state index in [1.807, 2.05) is 0 Å². The van der Waals surface area contributed by atoms with Gasteiger partial charge in [0.1, 0.15) is 5.82 Å². The van der Waals surface area contributed by atoms with Crippen LogP contribution in [-0.4, -0.2) is 11.2 Å². The largest absolute Gasteiger partial charge is 0.392 e. The summed E-state index contributed by atoms with van der Waals surface area (Å²) in [4.78, 5) is 0. The molecule has 1 aliphatic rings. The highest BCUT2D eigenvalue weighted by atomic mass is 35.5. The second kappa shape index (κ2) is 4.50. The Hall–Kier alpha value is -0.600. The van der Waals surface area contributed by atoms with E-state index in [9.17, 15) is 9.50 Å². The third-order valence-corrected chi connectivity index (χ3v) is 3.40. The number of hydrogen-bond donors (Lipinski definition) is 1. The van der Waals surface area contributed by atoms with Crippen LogP contribution in [0.5, 0.6) is 0 Å². The standard InChI is InChI=1S/C12H14ClFO/c13-10-6-3-5-9(12(10)14)8-4-1-2-7-11(8)15/h3,5-6,8,11,15H,1-2,4,7H2. The zero-order valence-corrected chi connectivity index (χ0v) is 9.17. The number of rotatable bonds is 1. The zero-order chi connectivity index (χ0) is 10.8. The maximum absolute atomic E-state index is 13.7. The van der Waals surface area contributed by atoms with Crippen molar-refractivity contribution in [3.8, 4) is 0 Å². The molecule has 0 radical (unpaired) electrons. The first-order valence-electron chi connectivity index (χ1n) is 5.32. The number of halogens is 2. The second-order valence-corrected chi connectivity index (χ2v) is 4.51. The van der Waals surface area contributed by atoms with Crippen LogP contribution in [0.15, 0.2) is 18.2 Å². The van der Waals surface area contributed by atoms with E-state index in [4.69, 9.17) is 11.6 Å². The third-order valence-electron chi connectivity index (χ3n) is 3.11. The molecule has 0 aromatic heterocycles. The monoisotopic (exact) mass is 228 g/mol. The van der Waals surface area contributed by atoms with E-state index < -0.39 is 6.10 Å². The summed E-state index contributed by atoms with van der Waals surface area (Å²) in [6.07, 6.45) is 3.26. The number of aliphatic hydroxyl groups is 1. The first-order valence-corrected chi connectivity index (χ1v) is 5.70. The van der Waals surface area contributed by atoms with Crippen molar-refractivity contribution in [3.63, 3.8) is 0 Å². The normalized spacial score (nSPS) is 26.6. The Morgan fingerprint density at radius 3 is 2.73 bits per heavy atom. The lowest BCUT2D eigenvalue weighted by atomic mass is 9.81. The molecule has 0 aliphatic heterocycles. The Bertz CT molecular complexity index is 353. The van der Waals surface area contributed by atoms with Crippen LogP contribution in [0.4, 0.5) is 4.39 Å². The van der Waals surface area contributed by atoms with Crippen molar-refractivity contribution in [2.24, 2.45) is 0 Å². The fourth-order valence-electron chi connectivity index (χ4n) is 2.28. The van der Waals surface area contributed by atoms with Crippen LogP contribution in [-0.2, 0) is 0 Å². The molecule has 0 amide bonds. The summed E-state index contributed by atoms with van der Waals surface area (Å²) >= 11 is 5.72. The molecule has 0 bridgehead atoms. The molecule has 0 heterocycles. The first-order chi connectivity index (χ1) is 7.20. The molecule has 1 nitrogen and oxygen atoms in total. The molecule has 2 atom stereocenters. The molecule has 1 saturated carbocycles. The highest BCUT2D eigenvalue weighted by molar-refractivity contribution is 6.30. The van der Waals surface area contributed by atoms with E-state index in [0.29, 0.717) is 5.56 Å². The van der Waals surface area contributed by atoms with Crippen molar-refractivity contribution in [1.82, 2.24) is 0 Å². The van der Waals surface area contributed by atoms with E-state index in [0.717, 1.165) is 25.7 Å². The SMILES string of the molecule is OC1CCCCC1c1cccc(Cl)c1F. The zero-order valence-electron chi connectivity index (χ0n) is 8.42. The van der Waals surface area contributed by atoms with Crippen molar-refractivity contribution in [1.29, 1.82) is 0 Å². The molecule has 1 aliphatic carbocycles. The van der Waals surface area contributed by atoms with E-state index in [-0.39, 0.29) is 16.8 Å². The molecule has 3 heteroatoms. The van der Waals surface area contributed by atoms with Gasteiger partial charge in [-0.3, -0.25) is 0 Å². The van der Waals surface area contributed by atoms with E-state index in [1.165, 1.54) is 6.07 Å². The molecule has 1 aromatic rings. The third kappa shape index (κ3) is 2.16. The van der Waals surface area contributed by atoms with E-state index in [1.54, 1.807) is 12.1 Å². The molecule has 1 N–H and O–H groups in total. The van der Waals surface area contributed by atoms with Crippen molar-refractivity contribution in [2.75, 3.05) is 0 Å². The van der Waals surface area contributed by atoms with Gasteiger partial charge in [0.05, 0.1) is 11.1 Å². The summed E-state index contributed by atoms with van der Waals surface area (Å²) in [5.74, 6) is -0.456. The smallest absolute Gasteiger partial charge is 0.145 e. The highest BCUT2D eigenvalue weighted by Gasteiger charge is 2.27. The Labute approximate surface area is 93.9 Å². The van der Waals surface area contributed by atoms with Gasteiger partial charge in [-0.05, 0) is 24.5 Å². The highest BCUT2D eigenvalue weighted by Crippen LogP contribution is 2.35. The van der Waals surface area contributed by atoms with Crippen molar-refractivity contribution in [2.45, 2.75) is 37.7 Å². The lowest BCUT2D eigenvalue weighted by molar-refractivity contribution is 0.104. The molecule has 82 valence electrons. The Kier molecular flexibility index (Phi) is 3.27. The molecular formula is C12H14ClFO. The van der Waals surface area contributed by atoms with Gasteiger partial charge in [0.15, 0.2) is 0 Å². The molecule has 0 spiro atoms. The summed E-state index contributed by atoms with van der Waals surface area (Å²) in [6.45, 7) is 0.